The molecule has 0 aromatic rings. The number of ether oxygens (including phenoxy) is 3. The molecule has 0 spiro atoms. The van der Waals surface area contributed by atoms with Crippen LogP contribution in [0.15, 0.2) is 72.9 Å². The monoisotopic (exact) mass is 921 g/mol. The molecular weight excluding hydrogens is 813 g/mol. The van der Waals surface area contributed by atoms with Crippen LogP contribution in [0, 0.1) is 0 Å². The van der Waals surface area contributed by atoms with Crippen molar-refractivity contribution in [2.45, 2.75) is 284 Å². The first-order valence-electron chi connectivity index (χ1n) is 28.5. The van der Waals surface area contributed by atoms with E-state index in [-0.39, 0.29) is 25.2 Å². The third-order valence-corrected chi connectivity index (χ3v) is 12.2. The Labute approximate surface area is 410 Å². The van der Waals surface area contributed by atoms with Gasteiger partial charge in [-0.25, -0.2) is 0 Å². The van der Waals surface area contributed by atoms with Crippen LogP contribution < -0.4 is 0 Å². The van der Waals surface area contributed by atoms with Crippen molar-refractivity contribution in [3.8, 4) is 0 Å². The molecule has 0 aliphatic rings. The van der Waals surface area contributed by atoms with Gasteiger partial charge in [-0.05, 0) is 109 Å². The highest BCUT2D eigenvalue weighted by atomic mass is 16.6. The van der Waals surface area contributed by atoms with Crippen molar-refractivity contribution in [3.05, 3.63) is 72.9 Å². The lowest BCUT2D eigenvalue weighted by Gasteiger charge is -2.18. The van der Waals surface area contributed by atoms with Crippen LogP contribution >= 0.6 is 0 Å². The molecule has 0 fully saturated rings. The first-order valence-corrected chi connectivity index (χ1v) is 28.5. The van der Waals surface area contributed by atoms with Crippen LogP contribution in [0.2, 0.25) is 0 Å². The van der Waals surface area contributed by atoms with Gasteiger partial charge >= 0.3 is 11.9 Å². The lowest BCUT2D eigenvalue weighted by atomic mass is 10.1. The normalized spacial score (nSPS) is 12.7. The Morgan fingerprint density at radius 2 is 0.682 bits per heavy atom. The quantitative estimate of drug-likeness (QED) is 0.0346. The summed E-state index contributed by atoms with van der Waals surface area (Å²) in [6, 6.07) is 0. The van der Waals surface area contributed by atoms with Crippen molar-refractivity contribution in [1.82, 2.24) is 0 Å². The Balaban J connectivity index is 4.30. The first-order chi connectivity index (χ1) is 32.6. The molecule has 0 amide bonds. The van der Waals surface area contributed by atoms with Crippen LogP contribution in [-0.4, -0.2) is 37.9 Å². The van der Waals surface area contributed by atoms with E-state index in [2.05, 4.69) is 93.7 Å². The van der Waals surface area contributed by atoms with Crippen molar-refractivity contribution < 1.29 is 23.8 Å². The van der Waals surface area contributed by atoms with Crippen LogP contribution in [0.4, 0.5) is 0 Å². The van der Waals surface area contributed by atoms with Crippen molar-refractivity contribution in [3.63, 3.8) is 0 Å². The maximum absolute atomic E-state index is 12.8. The molecule has 0 N–H and O–H groups in total. The molecule has 66 heavy (non-hydrogen) atoms. The molecule has 5 heteroatoms. The highest BCUT2D eigenvalue weighted by Crippen LogP contribution is 2.15. The molecule has 382 valence electrons. The van der Waals surface area contributed by atoms with Gasteiger partial charge in [0.1, 0.15) is 6.61 Å². The number of esters is 2. The number of carbonyl (C=O) groups is 2. The van der Waals surface area contributed by atoms with Crippen LogP contribution in [0.25, 0.3) is 0 Å². The van der Waals surface area contributed by atoms with E-state index in [0.29, 0.717) is 19.4 Å². The van der Waals surface area contributed by atoms with Crippen molar-refractivity contribution in [2.24, 2.45) is 0 Å². The predicted octanol–water partition coefficient (Wildman–Crippen LogP) is 19.5. The van der Waals surface area contributed by atoms with Crippen LogP contribution in [0.1, 0.15) is 278 Å². The van der Waals surface area contributed by atoms with E-state index in [4.69, 9.17) is 14.2 Å². The molecule has 0 aromatic heterocycles. The summed E-state index contributed by atoms with van der Waals surface area (Å²) in [5, 5.41) is 0. The second-order valence-corrected chi connectivity index (χ2v) is 18.8. The van der Waals surface area contributed by atoms with Gasteiger partial charge in [0.25, 0.3) is 0 Å². The molecule has 0 saturated heterocycles. The largest absolute Gasteiger partial charge is 0.462 e. The third kappa shape index (κ3) is 54.0. The number of hydrogen-bond acceptors (Lipinski definition) is 5. The Kier molecular flexibility index (Phi) is 54.4. The summed E-state index contributed by atoms with van der Waals surface area (Å²) in [7, 11) is 0. The summed E-state index contributed by atoms with van der Waals surface area (Å²) in [6.07, 6.45) is 73.4. The van der Waals surface area contributed by atoms with Crippen molar-refractivity contribution >= 4 is 11.9 Å². The number of unbranched alkanes of at least 4 members (excludes halogenated alkanes) is 29. The summed E-state index contributed by atoms with van der Waals surface area (Å²) in [5.41, 5.74) is 0. The zero-order valence-corrected chi connectivity index (χ0v) is 44.0. The lowest BCUT2D eigenvalue weighted by molar-refractivity contribution is -0.163. The minimum Gasteiger partial charge on any atom is -0.462 e. The zero-order chi connectivity index (χ0) is 47.7. The lowest BCUT2D eigenvalue weighted by Crippen LogP contribution is -2.30. The number of rotatable bonds is 52. The van der Waals surface area contributed by atoms with Gasteiger partial charge in [-0.2, -0.15) is 0 Å². The van der Waals surface area contributed by atoms with Gasteiger partial charge in [-0.1, -0.05) is 229 Å². The Bertz CT molecular complexity index is 1180. The predicted molar refractivity (Wildman–Crippen MR) is 288 cm³/mol. The van der Waals surface area contributed by atoms with Gasteiger partial charge in [0, 0.05) is 19.4 Å². The molecule has 0 aromatic carbocycles. The molecule has 1 unspecified atom stereocenters. The fourth-order valence-corrected chi connectivity index (χ4v) is 7.96. The van der Waals surface area contributed by atoms with E-state index in [1.807, 2.05) is 0 Å². The average molecular weight is 922 g/mol. The van der Waals surface area contributed by atoms with Crippen LogP contribution in [0.3, 0.4) is 0 Å². The molecule has 0 saturated carbocycles. The molecule has 0 rings (SSSR count). The highest BCUT2D eigenvalue weighted by Gasteiger charge is 2.17. The summed E-state index contributed by atoms with van der Waals surface area (Å²) in [6.45, 7) is 7.68. The smallest absolute Gasteiger partial charge is 0.306 e. The Hall–Kier alpha value is -2.66. The van der Waals surface area contributed by atoms with Crippen molar-refractivity contribution in [1.29, 1.82) is 0 Å². The second kappa shape index (κ2) is 56.7. The molecule has 0 aliphatic carbocycles. The summed E-state index contributed by atoms with van der Waals surface area (Å²) in [5.74, 6) is -0.418. The Morgan fingerprint density at radius 1 is 0.348 bits per heavy atom. The maximum Gasteiger partial charge on any atom is 0.306 e. The van der Waals surface area contributed by atoms with E-state index < -0.39 is 6.10 Å². The van der Waals surface area contributed by atoms with Crippen LogP contribution in [-0.2, 0) is 23.8 Å². The number of carbonyl (C=O) groups excluding carboxylic acids is 2. The fraction of sp³-hybridized carbons (Fsp3) is 0.770. The number of hydrogen-bond donors (Lipinski definition) is 0. The molecule has 0 aliphatic heterocycles. The van der Waals surface area contributed by atoms with Gasteiger partial charge in [0.2, 0.25) is 0 Å². The topological polar surface area (TPSA) is 61.8 Å². The molecule has 0 bridgehead atoms. The van der Waals surface area contributed by atoms with Gasteiger partial charge < -0.3 is 14.2 Å². The SMILES string of the molecule is CC/C=C\C/C=C\C/C=C\CCCCCCCC(=O)OC(COCCCCCCCCCC/C=C\C/C=C\CCCCC)COC(=O)CCCCCCCCC/C=C\CCCCCCCC. The highest BCUT2D eigenvalue weighted by molar-refractivity contribution is 5.70. The zero-order valence-electron chi connectivity index (χ0n) is 44.0. The minimum atomic E-state index is -0.553. The summed E-state index contributed by atoms with van der Waals surface area (Å²) in [4.78, 5) is 25.5. The summed E-state index contributed by atoms with van der Waals surface area (Å²) < 4.78 is 17.5. The Morgan fingerprint density at radius 3 is 1.14 bits per heavy atom. The first kappa shape index (κ1) is 63.3. The second-order valence-electron chi connectivity index (χ2n) is 18.8. The molecule has 5 nitrogen and oxygen atoms in total. The van der Waals surface area contributed by atoms with Gasteiger partial charge in [0.15, 0.2) is 6.10 Å². The van der Waals surface area contributed by atoms with Crippen molar-refractivity contribution in [2.75, 3.05) is 19.8 Å². The van der Waals surface area contributed by atoms with Gasteiger partial charge in [-0.3, -0.25) is 9.59 Å². The van der Waals surface area contributed by atoms with E-state index in [1.165, 1.54) is 161 Å². The van der Waals surface area contributed by atoms with E-state index in [9.17, 15) is 9.59 Å². The van der Waals surface area contributed by atoms with E-state index >= 15 is 0 Å². The van der Waals surface area contributed by atoms with E-state index in [0.717, 1.165) is 83.5 Å². The number of allylic oxidation sites excluding steroid dienone is 12. The molecule has 0 heterocycles. The molecule has 0 radical (unpaired) electrons. The third-order valence-electron chi connectivity index (χ3n) is 12.2. The standard InChI is InChI=1S/C61H108O5/c1-4-7-10-13-16-19-22-25-28-30-32-35-38-41-44-47-50-53-56-64-57-59(66-61(63)55-52-49-46-43-40-37-33-27-24-21-18-15-12-9-6-3)58-65-60(62)54-51-48-45-42-39-36-34-31-29-26-23-20-17-14-11-8-5-2/h9,12,16,18-19,21,25-29,33,59H,4-8,10-11,13-15,17,20,22-24,30-32,34-58H2,1-3H3/b12-9-,19-16-,21-18-,28-25-,29-26-,33-27-. The van der Waals surface area contributed by atoms with Gasteiger partial charge in [-0.15, -0.1) is 0 Å². The fourth-order valence-electron chi connectivity index (χ4n) is 7.96. The van der Waals surface area contributed by atoms with E-state index in [1.54, 1.807) is 0 Å². The average Bonchev–Trinajstić information content (AvgIpc) is 3.32. The van der Waals surface area contributed by atoms with Crippen LogP contribution in [0.5, 0.6) is 0 Å². The molecule has 1 atom stereocenters. The maximum atomic E-state index is 12.8. The van der Waals surface area contributed by atoms with Gasteiger partial charge in [0.05, 0.1) is 6.61 Å². The minimum absolute atomic E-state index is 0.0726. The summed E-state index contributed by atoms with van der Waals surface area (Å²) >= 11 is 0. The molecular formula is C61H108O5.